The van der Waals surface area contributed by atoms with Crippen molar-refractivity contribution in [2.45, 2.75) is 116 Å². The molecule has 2 heterocycles. The Morgan fingerprint density at radius 1 is 0.562 bits per heavy atom. The first-order valence-electron chi connectivity index (χ1n) is 12.8. The molecule has 2 rings (SSSR count). The molecule has 2 nitrogen and oxygen atoms in total. The maximum atomic E-state index is 4.73. The minimum atomic E-state index is -1.79. The van der Waals surface area contributed by atoms with E-state index >= 15 is 0 Å². The molecule has 180 valence electrons. The van der Waals surface area contributed by atoms with Gasteiger partial charge in [-0.1, -0.05) is 89.7 Å². The Morgan fingerprint density at radius 3 is 1.03 bits per heavy atom. The molecule has 0 bridgehead atoms. The first-order chi connectivity index (χ1) is 14.8. The first-order valence-corrected chi connectivity index (χ1v) is 17.3. The van der Waals surface area contributed by atoms with Crippen LogP contribution in [0.2, 0.25) is 33.2 Å². The Labute approximate surface area is 200 Å². The third-order valence-electron chi connectivity index (χ3n) is 8.76. The second kappa shape index (κ2) is 9.93. The molecule has 4 heteroatoms. The second-order valence-corrected chi connectivity index (χ2v) is 23.5. The highest BCUT2D eigenvalue weighted by atomic mass is 28.3. The van der Waals surface area contributed by atoms with E-state index in [9.17, 15) is 0 Å². The third kappa shape index (κ3) is 3.96. The fourth-order valence-corrected chi connectivity index (χ4v) is 21.7. The minimum absolute atomic E-state index is 0.670. The van der Waals surface area contributed by atoms with Crippen LogP contribution in [0.25, 0.3) is 5.57 Å². The van der Waals surface area contributed by atoms with Crippen molar-refractivity contribution >= 4 is 32.1 Å². The highest BCUT2D eigenvalue weighted by Gasteiger charge is 2.48. The Bertz CT molecular complexity index is 780. The Balaban J connectivity index is 2.76. The van der Waals surface area contributed by atoms with E-state index < -0.39 is 16.1 Å². The fraction of sp³-hybridized carbons (Fsp3) is 0.643. The zero-order valence-corrected chi connectivity index (χ0v) is 25.0. The van der Waals surface area contributed by atoms with Crippen molar-refractivity contribution in [2.75, 3.05) is 0 Å². The van der Waals surface area contributed by atoms with Crippen LogP contribution in [0.15, 0.2) is 31.1 Å². The van der Waals surface area contributed by atoms with E-state index in [0.29, 0.717) is 33.2 Å². The lowest BCUT2D eigenvalue weighted by Gasteiger charge is -2.44. The third-order valence-corrected chi connectivity index (χ3v) is 22.9. The molecular weight excluding hydrogens is 420 g/mol. The van der Waals surface area contributed by atoms with Gasteiger partial charge in [0.05, 0.1) is 16.1 Å². The lowest BCUT2D eigenvalue weighted by atomic mass is 10.1. The Kier molecular flexibility index (Phi) is 8.37. The topological polar surface area (TPSA) is 31.6 Å². The minimum Gasteiger partial charge on any atom is -0.361 e. The summed E-state index contributed by atoms with van der Waals surface area (Å²) in [6, 6.07) is 4.76. The van der Waals surface area contributed by atoms with Crippen molar-refractivity contribution in [1.82, 2.24) is 9.97 Å². The summed E-state index contributed by atoms with van der Waals surface area (Å²) in [4.78, 5) is 7.32. The van der Waals surface area contributed by atoms with Crippen LogP contribution < -0.4 is 10.4 Å². The predicted octanol–water partition coefficient (Wildman–Crippen LogP) is 8.18. The van der Waals surface area contributed by atoms with Crippen molar-refractivity contribution < 1.29 is 0 Å². The van der Waals surface area contributed by atoms with Gasteiger partial charge in [-0.3, -0.25) is 0 Å². The number of nitrogens with one attached hydrogen (secondary N) is 2. The molecule has 0 aromatic carbocycles. The smallest absolute Gasteiger partial charge is 0.0970 e. The Hall–Kier alpha value is -1.27. The standard InChI is InChI=1S/C28H50N2Si2/c1-18(2)31(19(3)4,20(5)6)25-14-16-29-27(25)24(13)28-26(15-17-30-28)32(21(7)8,22(9)10)23(11)12/h14-23,29-30H,13H2,1-12H3. The van der Waals surface area contributed by atoms with Gasteiger partial charge in [0, 0.05) is 29.4 Å². The van der Waals surface area contributed by atoms with Gasteiger partial charge < -0.3 is 9.97 Å². The van der Waals surface area contributed by atoms with Crippen molar-refractivity contribution in [1.29, 1.82) is 0 Å². The SMILES string of the molecule is C=C(c1[nH]ccc1[Si](C(C)C)(C(C)C)C(C)C)c1[nH]ccc1[Si](C(C)C)(C(C)C)C(C)C. The molecule has 0 radical (unpaired) electrons. The van der Waals surface area contributed by atoms with Crippen molar-refractivity contribution in [2.24, 2.45) is 0 Å². The number of hydrogen-bond donors (Lipinski definition) is 2. The molecule has 0 amide bonds. The summed E-state index contributed by atoms with van der Waals surface area (Å²) in [6.45, 7) is 34.1. The average Bonchev–Trinajstić information content (AvgIpc) is 3.30. The molecule has 0 saturated heterocycles. The molecule has 2 aromatic heterocycles. The maximum absolute atomic E-state index is 4.73. The van der Waals surface area contributed by atoms with Crippen LogP contribution in [0.4, 0.5) is 0 Å². The Morgan fingerprint density at radius 2 is 0.812 bits per heavy atom. The van der Waals surface area contributed by atoms with E-state index in [1.807, 2.05) is 0 Å². The van der Waals surface area contributed by atoms with Crippen LogP contribution in [0.5, 0.6) is 0 Å². The number of aromatic amines is 2. The number of H-pyrrole nitrogens is 2. The van der Waals surface area contributed by atoms with Crippen LogP contribution in [0, 0.1) is 0 Å². The molecule has 2 N–H and O–H groups in total. The normalized spacial score (nSPS) is 13.6. The monoisotopic (exact) mass is 470 g/mol. The van der Waals surface area contributed by atoms with Crippen LogP contribution in [0.3, 0.4) is 0 Å². The van der Waals surface area contributed by atoms with E-state index in [1.54, 1.807) is 10.4 Å². The fourth-order valence-electron chi connectivity index (χ4n) is 7.95. The van der Waals surface area contributed by atoms with Gasteiger partial charge in [-0.05, 0) is 55.8 Å². The van der Waals surface area contributed by atoms with Crippen LogP contribution in [-0.4, -0.2) is 26.1 Å². The first kappa shape index (κ1) is 27.0. The van der Waals surface area contributed by atoms with Crippen molar-refractivity contribution in [3.63, 3.8) is 0 Å². The van der Waals surface area contributed by atoms with Gasteiger partial charge in [0.2, 0.25) is 0 Å². The van der Waals surface area contributed by atoms with Gasteiger partial charge >= 0.3 is 0 Å². The van der Waals surface area contributed by atoms with E-state index in [-0.39, 0.29) is 0 Å². The summed E-state index contributed by atoms with van der Waals surface area (Å²) in [6.07, 6.45) is 4.32. The van der Waals surface area contributed by atoms with Crippen molar-refractivity contribution in [3.05, 3.63) is 42.5 Å². The van der Waals surface area contributed by atoms with Crippen LogP contribution in [-0.2, 0) is 0 Å². The zero-order chi connectivity index (χ0) is 24.6. The van der Waals surface area contributed by atoms with Gasteiger partial charge in [-0.2, -0.15) is 0 Å². The maximum Gasteiger partial charge on any atom is 0.0970 e. The molecule has 32 heavy (non-hydrogen) atoms. The molecule has 0 atom stereocenters. The molecule has 0 saturated carbocycles. The average molecular weight is 471 g/mol. The molecule has 0 fully saturated rings. The van der Waals surface area contributed by atoms with E-state index in [2.05, 4.69) is 118 Å². The van der Waals surface area contributed by atoms with Gasteiger partial charge in [0.15, 0.2) is 0 Å². The summed E-state index contributed by atoms with van der Waals surface area (Å²) >= 11 is 0. The van der Waals surface area contributed by atoms with E-state index in [4.69, 9.17) is 6.58 Å². The molecule has 0 aliphatic carbocycles. The highest BCUT2D eigenvalue weighted by molar-refractivity contribution is 6.96. The highest BCUT2D eigenvalue weighted by Crippen LogP contribution is 2.44. The lowest BCUT2D eigenvalue weighted by Crippen LogP contribution is -2.57. The predicted molar refractivity (Wildman–Crippen MR) is 151 cm³/mol. The summed E-state index contributed by atoms with van der Waals surface area (Å²) in [5, 5.41) is 3.13. The quantitative estimate of drug-likeness (QED) is 0.328. The second-order valence-electron chi connectivity index (χ2n) is 11.8. The molecule has 0 aliphatic heterocycles. The zero-order valence-electron chi connectivity index (χ0n) is 23.0. The summed E-state index contributed by atoms with van der Waals surface area (Å²) in [5.74, 6) is 0. The van der Waals surface area contributed by atoms with Gasteiger partial charge in [-0.15, -0.1) is 0 Å². The number of rotatable bonds is 10. The molecule has 2 aromatic rings. The van der Waals surface area contributed by atoms with Gasteiger partial charge in [-0.25, -0.2) is 0 Å². The van der Waals surface area contributed by atoms with Crippen molar-refractivity contribution in [3.8, 4) is 0 Å². The number of aromatic nitrogens is 2. The van der Waals surface area contributed by atoms with Gasteiger partial charge in [0.1, 0.15) is 0 Å². The summed E-state index contributed by atoms with van der Waals surface area (Å²) < 4.78 is 0. The molecule has 0 spiro atoms. The van der Waals surface area contributed by atoms with E-state index in [1.165, 1.54) is 11.4 Å². The lowest BCUT2D eigenvalue weighted by molar-refractivity contribution is 0.834. The summed E-state index contributed by atoms with van der Waals surface area (Å²) in [5.41, 5.74) is 7.72. The molecule has 0 unspecified atom stereocenters. The number of hydrogen-bond acceptors (Lipinski definition) is 0. The van der Waals surface area contributed by atoms with Crippen LogP contribution in [0.1, 0.15) is 94.5 Å². The molecular formula is C28H50N2Si2. The van der Waals surface area contributed by atoms with Crippen LogP contribution >= 0.6 is 0 Å². The largest absolute Gasteiger partial charge is 0.361 e. The summed E-state index contributed by atoms with van der Waals surface area (Å²) in [7, 11) is -3.59. The van der Waals surface area contributed by atoms with Gasteiger partial charge in [0.25, 0.3) is 0 Å². The molecule has 0 aliphatic rings. The van der Waals surface area contributed by atoms with E-state index in [0.717, 1.165) is 5.57 Å².